The summed E-state index contributed by atoms with van der Waals surface area (Å²) in [4.78, 5) is 0. The van der Waals surface area contributed by atoms with E-state index in [1.165, 1.54) is 43.2 Å². The molecular weight excluding hydrogens is 220 g/mol. The summed E-state index contributed by atoms with van der Waals surface area (Å²) in [6.07, 6.45) is 6.14. The number of fused-ring (bicyclic) bond motifs is 1. The number of hydrazine groups is 1. The molecule has 0 radical (unpaired) electrons. The predicted octanol–water partition coefficient (Wildman–Crippen LogP) is 3.06. The van der Waals surface area contributed by atoms with Gasteiger partial charge in [0.2, 0.25) is 0 Å². The molecule has 1 aliphatic carbocycles. The summed E-state index contributed by atoms with van der Waals surface area (Å²) in [6.45, 7) is 4.60. The lowest BCUT2D eigenvalue weighted by Gasteiger charge is -2.25. The van der Waals surface area contributed by atoms with E-state index in [2.05, 4.69) is 43.5 Å². The molecule has 2 rings (SSSR count). The van der Waals surface area contributed by atoms with Crippen LogP contribution in [-0.2, 0) is 12.8 Å². The second-order valence-electron chi connectivity index (χ2n) is 5.84. The van der Waals surface area contributed by atoms with E-state index in [4.69, 9.17) is 5.84 Å². The molecule has 0 aromatic heterocycles. The standard InChI is InChI=1S/C16H26N2/c1-3-6-12(2)9-16(18-17)15-10-13-7-4-5-8-14(13)11-15/h4-5,7-8,12,15-16,18H,3,6,9-11,17H2,1-2H3. The van der Waals surface area contributed by atoms with Gasteiger partial charge in [0.25, 0.3) is 0 Å². The Morgan fingerprint density at radius 1 is 1.28 bits per heavy atom. The number of hydrogen-bond donors (Lipinski definition) is 2. The highest BCUT2D eigenvalue weighted by Crippen LogP contribution is 2.31. The Balaban J connectivity index is 1.95. The number of hydrogen-bond acceptors (Lipinski definition) is 2. The van der Waals surface area contributed by atoms with Gasteiger partial charge in [-0.05, 0) is 42.2 Å². The van der Waals surface area contributed by atoms with Crippen LogP contribution in [0.2, 0.25) is 0 Å². The molecule has 3 N–H and O–H groups in total. The van der Waals surface area contributed by atoms with E-state index < -0.39 is 0 Å². The minimum atomic E-state index is 0.457. The van der Waals surface area contributed by atoms with E-state index in [1.54, 1.807) is 0 Å². The van der Waals surface area contributed by atoms with Crippen molar-refractivity contribution in [3.8, 4) is 0 Å². The van der Waals surface area contributed by atoms with Crippen molar-refractivity contribution in [1.82, 2.24) is 5.43 Å². The highest BCUT2D eigenvalue weighted by Gasteiger charge is 2.28. The lowest BCUT2D eigenvalue weighted by molar-refractivity contribution is 0.300. The van der Waals surface area contributed by atoms with E-state index in [-0.39, 0.29) is 0 Å². The molecule has 0 amide bonds. The van der Waals surface area contributed by atoms with Gasteiger partial charge in [-0.15, -0.1) is 0 Å². The van der Waals surface area contributed by atoms with Gasteiger partial charge in [-0.3, -0.25) is 11.3 Å². The van der Waals surface area contributed by atoms with Crippen molar-refractivity contribution in [3.05, 3.63) is 35.4 Å². The average Bonchev–Trinajstić information content (AvgIpc) is 2.79. The van der Waals surface area contributed by atoms with Crippen molar-refractivity contribution in [1.29, 1.82) is 0 Å². The van der Waals surface area contributed by atoms with Crippen LogP contribution in [0.5, 0.6) is 0 Å². The fourth-order valence-corrected chi connectivity index (χ4v) is 3.32. The minimum Gasteiger partial charge on any atom is -0.271 e. The van der Waals surface area contributed by atoms with Crippen molar-refractivity contribution in [3.63, 3.8) is 0 Å². The van der Waals surface area contributed by atoms with Crippen LogP contribution in [0, 0.1) is 11.8 Å². The molecular formula is C16H26N2. The van der Waals surface area contributed by atoms with Crippen LogP contribution in [0.3, 0.4) is 0 Å². The Labute approximate surface area is 111 Å². The molecule has 2 nitrogen and oxygen atoms in total. The Kier molecular flexibility index (Phi) is 4.79. The fourth-order valence-electron chi connectivity index (χ4n) is 3.32. The average molecular weight is 246 g/mol. The summed E-state index contributed by atoms with van der Waals surface area (Å²) in [5.74, 6) is 7.22. The van der Waals surface area contributed by atoms with Crippen molar-refractivity contribution < 1.29 is 0 Å². The lowest BCUT2D eigenvalue weighted by atomic mass is 9.88. The molecule has 2 heteroatoms. The van der Waals surface area contributed by atoms with Gasteiger partial charge in [0.15, 0.2) is 0 Å². The zero-order valence-corrected chi connectivity index (χ0v) is 11.7. The SMILES string of the molecule is CCCC(C)CC(NN)C1Cc2ccccc2C1. The van der Waals surface area contributed by atoms with Crippen LogP contribution >= 0.6 is 0 Å². The van der Waals surface area contributed by atoms with E-state index in [0.29, 0.717) is 12.0 Å². The Morgan fingerprint density at radius 3 is 2.39 bits per heavy atom. The molecule has 100 valence electrons. The van der Waals surface area contributed by atoms with Gasteiger partial charge in [-0.1, -0.05) is 51.0 Å². The summed E-state index contributed by atoms with van der Waals surface area (Å²) in [5, 5.41) is 0. The van der Waals surface area contributed by atoms with Gasteiger partial charge in [0.1, 0.15) is 0 Å². The molecule has 0 bridgehead atoms. The third-order valence-electron chi connectivity index (χ3n) is 4.30. The van der Waals surface area contributed by atoms with Gasteiger partial charge in [0.05, 0.1) is 0 Å². The highest BCUT2D eigenvalue weighted by molar-refractivity contribution is 5.32. The Bertz CT molecular complexity index is 350. The second-order valence-corrected chi connectivity index (χ2v) is 5.84. The van der Waals surface area contributed by atoms with E-state index in [9.17, 15) is 0 Å². The van der Waals surface area contributed by atoms with Crippen molar-refractivity contribution in [2.45, 2.75) is 52.0 Å². The van der Waals surface area contributed by atoms with Gasteiger partial charge in [0, 0.05) is 6.04 Å². The quantitative estimate of drug-likeness (QED) is 0.598. The Hall–Kier alpha value is -0.860. The maximum Gasteiger partial charge on any atom is 0.0247 e. The summed E-state index contributed by atoms with van der Waals surface area (Å²) < 4.78 is 0. The first-order chi connectivity index (χ1) is 8.74. The van der Waals surface area contributed by atoms with E-state index >= 15 is 0 Å². The molecule has 1 aromatic carbocycles. The topological polar surface area (TPSA) is 38.0 Å². The van der Waals surface area contributed by atoms with Crippen LogP contribution in [0.4, 0.5) is 0 Å². The van der Waals surface area contributed by atoms with E-state index in [0.717, 1.165) is 5.92 Å². The summed E-state index contributed by atoms with van der Waals surface area (Å²) >= 11 is 0. The van der Waals surface area contributed by atoms with Crippen molar-refractivity contribution in [2.75, 3.05) is 0 Å². The van der Waals surface area contributed by atoms with Crippen LogP contribution < -0.4 is 11.3 Å². The van der Waals surface area contributed by atoms with Gasteiger partial charge in [-0.2, -0.15) is 0 Å². The molecule has 1 aliphatic rings. The van der Waals surface area contributed by atoms with Crippen LogP contribution in [-0.4, -0.2) is 6.04 Å². The minimum absolute atomic E-state index is 0.457. The first kappa shape index (κ1) is 13.6. The van der Waals surface area contributed by atoms with Crippen LogP contribution in [0.15, 0.2) is 24.3 Å². The third kappa shape index (κ3) is 3.12. The molecule has 18 heavy (non-hydrogen) atoms. The monoisotopic (exact) mass is 246 g/mol. The number of benzene rings is 1. The van der Waals surface area contributed by atoms with Crippen LogP contribution in [0.25, 0.3) is 0 Å². The smallest absolute Gasteiger partial charge is 0.0247 e. The zero-order valence-electron chi connectivity index (χ0n) is 11.7. The Morgan fingerprint density at radius 2 is 1.89 bits per heavy atom. The first-order valence-corrected chi connectivity index (χ1v) is 7.27. The zero-order chi connectivity index (χ0) is 13.0. The molecule has 0 saturated heterocycles. The molecule has 0 saturated carbocycles. The number of nitrogens with one attached hydrogen (secondary N) is 1. The molecule has 2 unspecified atom stereocenters. The second kappa shape index (κ2) is 6.35. The lowest BCUT2D eigenvalue weighted by Crippen LogP contribution is -2.42. The predicted molar refractivity (Wildman–Crippen MR) is 77.1 cm³/mol. The van der Waals surface area contributed by atoms with Gasteiger partial charge < -0.3 is 0 Å². The normalized spacial score (nSPS) is 18.6. The molecule has 0 spiro atoms. The van der Waals surface area contributed by atoms with Crippen LogP contribution in [0.1, 0.15) is 44.2 Å². The summed E-state index contributed by atoms with van der Waals surface area (Å²) in [5.41, 5.74) is 6.11. The van der Waals surface area contributed by atoms with Crippen molar-refractivity contribution >= 4 is 0 Å². The maximum absolute atomic E-state index is 5.78. The number of nitrogens with two attached hydrogens (primary N) is 1. The highest BCUT2D eigenvalue weighted by atomic mass is 15.2. The summed E-state index contributed by atoms with van der Waals surface area (Å²) in [7, 11) is 0. The first-order valence-electron chi connectivity index (χ1n) is 7.27. The number of rotatable bonds is 6. The maximum atomic E-state index is 5.78. The largest absolute Gasteiger partial charge is 0.271 e. The molecule has 0 fully saturated rings. The summed E-state index contributed by atoms with van der Waals surface area (Å²) in [6, 6.07) is 9.27. The molecule has 0 aliphatic heterocycles. The van der Waals surface area contributed by atoms with E-state index in [1.807, 2.05) is 0 Å². The molecule has 0 heterocycles. The third-order valence-corrected chi connectivity index (χ3v) is 4.30. The van der Waals surface area contributed by atoms with Gasteiger partial charge >= 0.3 is 0 Å². The van der Waals surface area contributed by atoms with Gasteiger partial charge in [-0.25, -0.2) is 0 Å². The molecule has 1 aromatic rings. The molecule has 2 atom stereocenters. The van der Waals surface area contributed by atoms with Crippen molar-refractivity contribution in [2.24, 2.45) is 17.7 Å². The fraction of sp³-hybridized carbons (Fsp3) is 0.625.